The Labute approximate surface area is 263 Å². The molecule has 0 radical (unpaired) electrons. The molecular weight excluding hydrogens is 569 g/mol. The summed E-state index contributed by atoms with van der Waals surface area (Å²) < 4.78 is 16.8. The van der Waals surface area contributed by atoms with Gasteiger partial charge in [0.1, 0.15) is 11.2 Å². The highest BCUT2D eigenvalue weighted by molar-refractivity contribution is 7.39. The topological polar surface area (TPSA) is 29.5 Å². The van der Waals surface area contributed by atoms with Crippen LogP contribution in [-0.4, -0.2) is 0 Å². The zero-order valence-electron chi connectivity index (χ0n) is 25.0. The lowest BCUT2D eigenvalue weighted by Gasteiger charge is -2.34. The Kier molecular flexibility index (Phi) is 7.19. The van der Waals surface area contributed by atoms with Gasteiger partial charge in [-0.2, -0.15) is 4.67 Å². The summed E-state index contributed by atoms with van der Waals surface area (Å²) >= 11 is 0. The quantitative estimate of drug-likeness (QED) is 0.190. The minimum Gasteiger partial charge on any atom is -0.408 e. The summed E-state index contributed by atoms with van der Waals surface area (Å²) in [4.78, 5) is 0. The highest BCUT2D eigenvalue weighted by atomic mass is 31.1. The Morgan fingerprint density at radius 1 is 0.444 bits per heavy atom. The minimum absolute atomic E-state index is 0.0337. The van der Waals surface area contributed by atoms with Crippen molar-refractivity contribution in [2.45, 2.75) is 19.0 Å². The molecule has 3 nitrogen and oxygen atoms in total. The monoisotopic (exact) mass is 601 g/mol. The van der Waals surface area contributed by atoms with E-state index in [0.29, 0.717) is 0 Å². The molecule has 0 aliphatic rings. The third kappa shape index (κ3) is 5.01. The Morgan fingerprint density at radius 3 is 1.31 bits per heavy atom. The van der Waals surface area contributed by atoms with Gasteiger partial charge in [-0.25, -0.2) is 0 Å². The second kappa shape index (κ2) is 11.8. The SMILES string of the molecule is C[C@H](c1ccccc1)N(C(c1ccccc1)c1ccccc1)p1oc2ccc3ccccc3c2c2c(ccc3ccccc32)o1. The fourth-order valence-electron chi connectivity index (χ4n) is 6.56. The first-order chi connectivity index (χ1) is 22.3. The van der Waals surface area contributed by atoms with E-state index >= 15 is 0 Å². The van der Waals surface area contributed by atoms with E-state index in [-0.39, 0.29) is 12.1 Å². The zero-order chi connectivity index (χ0) is 30.2. The molecule has 4 heteroatoms. The van der Waals surface area contributed by atoms with E-state index in [9.17, 15) is 0 Å². The largest absolute Gasteiger partial charge is 0.408 e. The summed E-state index contributed by atoms with van der Waals surface area (Å²) in [7, 11) is -1.66. The number of benzene rings is 7. The highest BCUT2D eigenvalue weighted by Gasteiger charge is 2.33. The highest BCUT2D eigenvalue weighted by Crippen LogP contribution is 2.49. The molecule has 1 atom stereocenters. The summed E-state index contributed by atoms with van der Waals surface area (Å²) in [5, 5.41) is 6.80. The van der Waals surface area contributed by atoms with Crippen molar-refractivity contribution in [3.8, 4) is 0 Å². The van der Waals surface area contributed by atoms with Crippen LogP contribution >= 0.6 is 8.16 Å². The molecular formula is C41H32NO2P. The average Bonchev–Trinajstić information content (AvgIpc) is 3.28. The molecule has 0 aliphatic heterocycles. The molecule has 1 aromatic heterocycles. The van der Waals surface area contributed by atoms with Crippen LogP contribution in [0.5, 0.6) is 0 Å². The second-order valence-electron chi connectivity index (χ2n) is 11.4. The molecule has 0 spiro atoms. The minimum atomic E-state index is -1.66. The van der Waals surface area contributed by atoms with Gasteiger partial charge >= 0.3 is 8.16 Å². The van der Waals surface area contributed by atoms with Gasteiger partial charge in [-0.1, -0.05) is 152 Å². The number of rotatable bonds is 6. The average molecular weight is 602 g/mol. The molecule has 0 N–H and O–H groups in total. The molecule has 8 rings (SSSR count). The van der Waals surface area contributed by atoms with Crippen molar-refractivity contribution in [2.24, 2.45) is 0 Å². The molecule has 0 amide bonds. The Hall–Kier alpha value is -5.08. The zero-order valence-corrected chi connectivity index (χ0v) is 25.8. The lowest BCUT2D eigenvalue weighted by molar-refractivity contribution is 0.570. The van der Waals surface area contributed by atoms with Crippen LogP contribution in [0.4, 0.5) is 0 Å². The lowest BCUT2D eigenvalue weighted by atomic mass is 9.96. The third-order valence-corrected chi connectivity index (χ3v) is 10.4. The van der Waals surface area contributed by atoms with Gasteiger partial charge in [-0.05, 0) is 57.3 Å². The Balaban J connectivity index is 1.51. The van der Waals surface area contributed by atoms with Crippen molar-refractivity contribution < 1.29 is 8.39 Å². The van der Waals surface area contributed by atoms with Crippen LogP contribution in [0.25, 0.3) is 43.5 Å². The van der Waals surface area contributed by atoms with Gasteiger partial charge in [0.2, 0.25) is 0 Å². The maximum Gasteiger partial charge on any atom is 0.311 e. The van der Waals surface area contributed by atoms with Crippen LogP contribution in [0.15, 0.2) is 172 Å². The first-order valence-electron chi connectivity index (χ1n) is 15.4. The number of hydrogen-bond acceptors (Lipinski definition) is 3. The van der Waals surface area contributed by atoms with Crippen LogP contribution in [0, 0.1) is 0 Å². The number of nitrogens with zero attached hydrogens (tertiary/aromatic N) is 1. The maximum absolute atomic E-state index is 7.19. The standard InChI is InChI=1S/C41H32NO2P/c1-29(30-15-5-2-6-16-30)42(41(33-19-7-3-8-20-33)34-21-9-4-10-22-34)45-43-37-27-25-31-17-11-13-23-35(31)39(37)40-36-24-14-12-18-32(36)26-28-38(40)44-45/h2-29,41H,1H3/t29-/m1/s1. The summed E-state index contributed by atoms with van der Waals surface area (Å²) in [6.07, 6.45) is 0. The predicted molar refractivity (Wildman–Crippen MR) is 189 cm³/mol. The van der Waals surface area contributed by atoms with E-state index in [2.05, 4.69) is 175 Å². The van der Waals surface area contributed by atoms with E-state index in [1.54, 1.807) is 0 Å². The van der Waals surface area contributed by atoms with Crippen molar-refractivity contribution in [1.82, 2.24) is 0 Å². The first-order valence-corrected chi connectivity index (χ1v) is 16.5. The molecule has 0 saturated heterocycles. The maximum atomic E-state index is 7.19. The molecule has 0 saturated carbocycles. The first kappa shape index (κ1) is 27.5. The van der Waals surface area contributed by atoms with Gasteiger partial charge in [-0.3, -0.25) is 0 Å². The summed E-state index contributed by atoms with van der Waals surface area (Å²) in [6.45, 7) is 2.26. The van der Waals surface area contributed by atoms with Crippen molar-refractivity contribution in [1.29, 1.82) is 0 Å². The molecule has 8 aromatic rings. The second-order valence-corrected chi connectivity index (χ2v) is 12.7. The third-order valence-electron chi connectivity index (χ3n) is 8.75. The van der Waals surface area contributed by atoms with Gasteiger partial charge in [0.25, 0.3) is 0 Å². The van der Waals surface area contributed by atoms with Crippen LogP contribution in [0.3, 0.4) is 0 Å². The summed E-state index contributed by atoms with van der Waals surface area (Å²) in [6, 6.07) is 57.6. The molecule has 7 aromatic carbocycles. The smallest absolute Gasteiger partial charge is 0.311 e. The van der Waals surface area contributed by atoms with Gasteiger partial charge in [0.05, 0.1) is 6.04 Å². The number of hydrogen-bond donors (Lipinski definition) is 0. The van der Waals surface area contributed by atoms with Crippen LogP contribution in [-0.2, 0) is 0 Å². The van der Waals surface area contributed by atoms with Crippen molar-refractivity contribution in [2.75, 3.05) is 4.67 Å². The number of fused-ring (bicyclic) bond motifs is 7. The Morgan fingerprint density at radius 2 is 0.844 bits per heavy atom. The normalized spacial score (nSPS) is 12.4. The van der Waals surface area contributed by atoms with Gasteiger partial charge in [0.15, 0.2) is 0 Å². The summed E-state index contributed by atoms with van der Waals surface area (Å²) in [5.41, 5.74) is 5.23. The predicted octanol–water partition coefficient (Wildman–Crippen LogP) is 12.1. The van der Waals surface area contributed by atoms with Crippen LogP contribution < -0.4 is 4.67 Å². The van der Waals surface area contributed by atoms with Gasteiger partial charge in [-0.15, -0.1) is 0 Å². The lowest BCUT2D eigenvalue weighted by Crippen LogP contribution is -2.30. The fourth-order valence-corrected chi connectivity index (χ4v) is 8.30. The van der Waals surface area contributed by atoms with Gasteiger partial charge in [0, 0.05) is 16.8 Å². The van der Waals surface area contributed by atoms with E-state index in [0.717, 1.165) is 32.7 Å². The van der Waals surface area contributed by atoms with Gasteiger partial charge < -0.3 is 8.39 Å². The Bertz CT molecular complexity index is 2160. The van der Waals surface area contributed by atoms with Crippen LogP contribution in [0.1, 0.15) is 35.7 Å². The van der Waals surface area contributed by atoms with E-state index in [4.69, 9.17) is 8.39 Å². The fraction of sp³-hybridized carbons (Fsp3) is 0.0732. The molecule has 0 fully saturated rings. The van der Waals surface area contributed by atoms with Crippen LogP contribution in [0.2, 0.25) is 0 Å². The molecule has 0 aliphatic carbocycles. The van der Waals surface area contributed by atoms with Crippen molar-refractivity contribution in [3.63, 3.8) is 0 Å². The van der Waals surface area contributed by atoms with E-state index in [1.807, 2.05) is 0 Å². The van der Waals surface area contributed by atoms with E-state index in [1.165, 1.54) is 27.5 Å². The summed E-state index contributed by atoms with van der Waals surface area (Å²) in [5.74, 6) is 0. The molecule has 218 valence electrons. The molecule has 45 heavy (non-hydrogen) atoms. The molecule has 0 unspecified atom stereocenters. The van der Waals surface area contributed by atoms with Crippen molar-refractivity contribution >= 4 is 51.6 Å². The van der Waals surface area contributed by atoms with Crippen molar-refractivity contribution in [3.05, 3.63) is 180 Å². The molecule has 1 heterocycles. The van der Waals surface area contributed by atoms with E-state index < -0.39 is 8.16 Å². The molecule has 0 bridgehead atoms.